The van der Waals surface area contributed by atoms with E-state index in [1.807, 2.05) is 10.8 Å². The Labute approximate surface area is 171 Å². The van der Waals surface area contributed by atoms with Gasteiger partial charge in [0.05, 0.1) is 0 Å². The van der Waals surface area contributed by atoms with Gasteiger partial charge in [0.1, 0.15) is 0 Å². The number of thiophene rings is 1. The van der Waals surface area contributed by atoms with Gasteiger partial charge < -0.3 is 10.6 Å². The van der Waals surface area contributed by atoms with Gasteiger partial charge in [0.25, 0.3) is 5.91 Å². The summed E-state index contributed by atoms with van der Waals surface area (Å²) in [4.78, 5) is 26.5. The van der Waals surface area contributed by atoms with Crippen LogP contribution in [-0.4, -0.2) is 42.4 Å². The van der Waals surface area contributed by atoms with Gasteiger partial charge in [-0.1, -0.05) is 29.8 Å². The fourth-order valence-corrected chi connectivity index (χ4v) is 4.19. The summed E-state index contributed by atoms with van der Waals surface area (Å²) in [7, 11) is 0. The van der Waals surface area contributed by atoms with Crippen LogP contribution in [0.3, 0.4) is 0 Å². The number of amides is 2. The number of likely N-dealkylation sites (tertiary alicyclic amines) is 1. The van der Waals surface area contributed by atoms with Gasteiger partial charge in [0.2, 0.25) is 5.91 Å². The quantitative estimate of drug-likeness (QED) is 0.669. The average Bonchev–Trinajstić information content (AvgIpc) is 3.22. The van der Waals surface area contributed by atoms with E-state index in [9.17, 15) is 9.59 Å². The van der Waals surface area contributed by atoms with Gasteiger partial charge in [-0.05, 0) is 43.2 Å². The summed E-state index contributed by atoms with van der Waals surface area (Å²) in [6.07, 6.45) is 3.10. The Balaban J connectivity index is 1.29. The van der Waals surface area contributed by atoms with Gasteiger partial charge in [-0.15, -0.1) is 0 Å². The highest BCUT2D eigenvalue weighted by atomic mass is 32.1. The number of hydrogen-bond donors (Lipinski definition) is 2. The number of piperidine rings is 1. The first kappa shape index (κ1) is 20.6. The molecular formula is C22H29N3O2S. The molecule has 28 heavy (non-hydrogen) atoms. The molecule has 1 saturated heterocycles. The van der Waals surface area contributed by atoms with E-state index in [0.717, 1.165) is 32.5 Å². The van der Waals surface area contributed by atoms with Crippen molar-refractivity contribution >= 4 is 23.2 Å². The predicted molar refractivity (Wildman–Crippen MR) is 114 cm³/mol. The molecule has 0 bridgehead atoms. The number of nitrogens with one attached hydrogen (secondary N) is 2. The summed E-state index contributed by atoms with van der Waals surface area (Å²) in [6.45, 7) is 5.65. The minimum Gasteiger partial charge on any atom is -0.353 e. The molecule has 0 unspecified atom stereocenters. The Morgan fingerprint density at radius 1 is 1.21 bits per heavy atom. The van der Waals surface area contributed by atoms with Crippen molar-refractivity contribution < 1.29 is 9.59 Å². The van der Waals surface area contributed by atoms with Crippen molar-refractivity contribution in [3.8, 4) is 0 Å². The van der Waals surface area contributed by atoms with E-state index >= 15 is 0 Å². The van der Waals surface area contributed by atoms with Crippen LogP contribution in [0.1, 0.15) is 47.2 Å². The van der Waals surface area contributed by atoms with Crippen LogP contribution in [-0.2, 0) is 11.3 Å². The summed E-state index contributed by atoms with van der Waals surface area (Å²) in [6, 6.07) is 10.7. The molecule has 2 aromatic rings. The summed E-state index contributed by atoms with van der Waals surface area (Å²) in [5, 5.41) is 9.72. The lowest BCUT2D eigenvalue weighted by Gasteiger charge is -2.32. The highest BCUT2D eigenvalue weighted by Crippen LogP contribution is 2.15. The molecule has 3 rings (SSSR count). The van der Waals surface area contributed by atoms with Gasteiger partial charge in [0.15, 0.2) is 0 Å². The molecule has 0 saturated carbocycles. The summed E-state index contributed by atoms with van der Waals surface area (Å²) in [5.41, 5.74) is 3.34. The molecule has 0 spiro atoms. The molecule has 1 aliphatic heterocycles. The number of carbonyl (C=O) groups is 2. The maximum atomic E-state index is 12.2. The third kappa shape index (κ3) is 6.46. The molecule has 150 valence electrons. The van der Waals surface area contributed by atoms with E-state index in [0.29, 0.717) is 24.9 Å². The molecule has 1 fully saturated rings. The number of hydrogen-bond acceptors (Lipinski definition) is 4. The second kappa shape index (κ2) is 10.4. The van der Waals surface area contributed by atoms with Crippen molar-refractivity contribution in [2.75, 3.05) is 19.6 Å². The van der Waals surface area contributed by atoms with Crippen LogP contribution < -0.4 is 10.6 Å². The number of nitrogens with zero attached hydrogens (tertiary/aromatic N) is 1. The SMILES string of the molecule is Cc1cccc(CN2CCC(NC(=O)CCCNC(=O)c3ccsc3)CC2)c1. The molecule has 0 aliphatic carbocycles. The lowest BCUT2D eigenvalue weighted by molar-refractivity contribution is -0.122. The third-order valence-electron chi connectivity index (χ3n) is 5.09. The van der Waals surface area contributed by atoms with Gasteiger partial charge in [0, 0.05) is 49.6 Å². The fraction of sp³-hybridized carbons (Fsp3) is 0.455. The number of rotatable bonds is 8. The Morgan fingerprint density at radius 2 is 2.04 bits per heavy atom. The van der Waals surface area contributed by atoms with E-state index < -0.39 is 0 Å². The van der Waals surface area contributed by atoms with Gasteiger partial charge in [-0.2, -0.15) is 11.3 Å². The molecular weight excluding hydrogens is 370 g/mol. The number of benzene rings is 1. The van der Waals surface area contributed by atoms with Crippen molar-refractivity contribution in [2.24, 2.45) is 0 Å². The van der Waals surface area contributed by atoms with Gasteiger partial charge in [-0.25, -0.2) is 0 Å². The zero-order valence-electron chi connectivity index (χ0n) is 16.4. The van der Waals surface area contributed by atoms with Gasteiger partial charge in [-0.3, -0.25) is 14.5 Å². The monoisotopic (exact) mass is 399 g/mol. The third-order valence-corrected chi connectivity index (χ3v) is 5.77. The van der Waals surface area contributed by atoms with Crippen molar-refractivity contribution in [3.05, 3.63) is 57.8 Å². The van der Waals surface area contributed by atoms with Crippen LogP contribution in [0.4, 0.5) is 0 Å². The van der Waals surface area contributed by atoms with E-state index in [-0.39, 0.29) is 17.9 Å². The zero-order valence-corrected chi connectivity index (χ0v) is 17.3. The number of aryl methyl sites for hydroxylation is 1. The van der Waals surface area contributed by atoms with Crippen LogP contribution in [0.25, 0.3) is 0 Å². The lowest BCUT2D eigenvalue weighted by Crippen LogP contribution is -2.44. The van der Waals surface area contributed by atoms with Crippen molar-refractivity contribution in [1.29, 1.82) is 0 Å². The molecule has 1 aromatic heterocycles. The second-order valence-corrected chi connectivity index (χ2v) is 8.26. The summed E-state index contributed by atoms with van der Waals surface area (Å²) < 4.78 is 0. The van der Waals surface area contributed by atoms with E-state index in [1.54, 1.807) is 6.07 Å². The fourth-order valence-electron chi connectivity index (χ4n) is 3.55. The second-order valence-electron chi connectivity index (χ2n) is 7.48. The minimum absolute atomic E-state index is 0.0670. The maximum absolute atomic E-state index is 12.2. The van der Waals surface area contributed by atoms with Crippen LogP contribution in [0.5, 0.6) is 0 Å². The molecule has 0 radical (unpaired) electrons. The van der Waals surface area contributed by atoms with E-state index in [4.69, 9.17) is 0 Å². The molecule has 2 amide bonds. The number of carbonyl (C=O) groups excluding carboxylic acids is 2. The van der Waals surface area contributed by atoms with Gasteiger partial charge >= 0.3 is 0 Å². The van der Waals surface area contributed by atoms with Crippen LogP contribution in [0, 0.1) is 6.92 Å². The minimum atomic E-state index is -0.0670. The largest absolute Gasteiger partial charge is 0.353 e. The first-order valence-electron chi connectivity index (χ1n) is 9.98. The maximum Gasteiger partial charge on any atom is 0.252 e. The first-order valence-corrected chi connectivity index (χ1v) is 10.9. The Bertz CT molecular complexity index is 768. The smallest absolute Gasteiger partial charge is 0.252 e. The predicted octanol–water partition coefficient (Wildman–Crippen LogP) is 3.35. The molecule has 1 aliphatic rings. The molecule has 6 heteroatoms. The summed E-state index contributed by atoms with van der Waals surface area (Å²) in [5.74, 6) is 0.0181. The van der Waals surface area contributed by atoms with Crippen LogP contribution in [0.2, 0.25) is 0 Å². The topological polar surface area (TPSA) is 61.4 Å². The van der Waals surface area contributed by atoms with Crippen LogP contribution in [0.15, 0.2) is 41.1 Å². The first-order chi connectivity index (χ1) is 13.6. The molecule has 0 atom stereocenters. The van der Waals surface area contributed by atoms with E-state index in [2.05, 4.69) is 46.7 Å². The van der Waals surface area contributed by atoms with Crippen LogP contribution >= 0.6 is 11.3 Å². The molecule has 2 heterocycles. The standard InChI is InChI=1S/C22H29N3O2S/c1-17-4-2-5-18(14-17)15-25-11-7-20(8-12-25)24-21(26)6-3-10-23-22(27)19-9-13-28-16-19/h2,4-5,9,13-14,16,20H,3,6-8,10-12,15H2,1H3,(H,23,27)(H,24,26). The highest BCUT2D eigenvalue weighted by Gasteiger charge is 2.20. The Morgan fingerprint density at radius 3 is 2.75 bits per heavy atom. The zero-order chi connectivity index (χ0) is 19.8. The Hall–Kier alpha value is -2.18. The van der Waals surface area contributed by atoms with E-state index in [1.165, 1.54) is 22.5 Å². The molecule has 2 N–H and O–H groups in total. The molecule has 5 nitrogen and oxygen atoms in total. The lowest BCUT2D eigenvalue weighted by atomic mass is 10.0. The highest BCUT2D eigenvalue weighted by molar-refractivity contribution is 7.08. The summed E-state index contributed by atoms with van der Waals surface area (Å²) >= 11 is 1.50. The van der Waals surface area contributed by atoms with Crippen molar-refractivity contribution in [1.82, 2.24) is 15.5 Å². The van der Waals surface area contributed by atoms with Crippen molar-refractivity contribution in [3.63, 3.8) is 0 Å². The van der Waals surface area contributed by atoms with Crippen molar-refractivity contribution in [2.45, 2.75) is 45.2 Å². The Kier molecular flexibility index (Phi) is 7.62. The molecule has 1 aromatic carbocycles. The average molecular weight is 400 g/mol. The normalized spacial score (nSPS) is 15.3.